The van der Waals surface area contributed by atoms with Crippen molar-refractivity contribution in [1.82, 2.24) is 0 Å². The second kappa shape index (κ2) is 7.26. The number of allylic oxidation sites excluding steroid dienone is 1. The minimum Gasteiger partial charge on any atom is -0.371 e. The molecule has 0 heterocycles. The molecule has 0 aliphatic rings. The van der Waals surface area contributed by atoms with E-state index in [9.17, 15) is 0 Å². The van der Waals surface area contributed by atoms with E-state index in [1.165, 1.54) is 0 Å². The lowest BCUT2D eigenvalue weighted by molar-refractivity contribution is 0.0842. The maximum absolute atomic E-state index is 5.56. The van der Waals surface area contributed by atoms with Crippen LogP contribution in [0.25, 0.3) is 0 Å². The average molecular weight is 204 g/mol. The predicted molar refractivity (Wildman–Crippen MR) is 55.4 cm³/mol. The molecule has 0 aromatic rings. The van der Waals surface area contributed by atoms with Gasteiger partial charge in [0.15, 0.2) is 0 Å². The van der Waals surface area contributed by atoms with Crippen molar-refractivity contribution >= 4 is 8.80 Å². The summed E-state index contributed by atoms with van der Waals surface area (Å²) in [7, 11) is -2.48. The van der Waals surface area contributed by atoms with Gasteiger partial charge >= 0.3 is 8.80 Å². The average Bonchev–Trinajstić information content (AvgIpc) is 2.06. The summed E-state index contributed by atoms with van der Waals surface area (Å²) >= 11 is 0. The monoisotopic (exact) mass is 204 g/mol. The van der Waals surface area contributed by atoms with E-state index in [-0.39, 0.29) is 0 Å². The summed E-state index contributed by atoms with van der Waals surface area (Å²) in [5, 5.41) is 0. The number of hydrogen-bond donors (Lipinski definition) is 0. The SMILES string of the molecule is C/C=C\[Si](OCC)(OCC)OCC. The van der Waals surface area contributed by atoms with Crippen LogP contribution < -0.4 is 0 Å². The van der Waals surface area contributed by atoms with Crippen molar-refractivity contribution in [3.05, 3.63) is 11.8 Å². The van der Waals surface area contributed by atoms with Crippen molar-refractivity contribution in [3.63, 3.8) is 0 Å². The van der Waals surface area contributed by atoms with Gasteiger partial charge in [0.25, 0.3) is 0 Å². The van der Waals surface area contributed by atoms with Crippen molar-refractivity contribution in [1.29, 1.82) is 0 Å². The van der Waals surface area contributed by atoms with Crippen LogP contribution in [0, 0.1) is 0 Å². The molecule has 0 atom stereocenters. The standard InChI is InChI=1S/C9H20O3Si/c1-5-9-13(10-6-2,11-7-3)12-8-4/h5,9H,6-8H2,1-4H3/b9-5-. The van der Waals surface area contributed by atoms with E-state index in [2.05, 4.69) is 0 Å². The molecule has 0 N–H and O–H groups in total. The van der Waals surface area contributed by atoms with Crippen LogP contribution in [0.1, 0.15) is 27.7 Å². The molecule has 0 spiro atoms. The summed E-state index contributed by atoms with van der Waals surface area (Å²) in [5.74, 6) is 0. The van der Waals surface area contributed by atoms with Gasteiger partial charge in [-0.2, -0.15) is 0 Å². The maximum atomic E-state index is 5.56. The molecule has 0 radical (unpaired) electrons. The third kappa shape index (κ3) is 4.57. The third-order valence-electron chi connectivity index (χ3n) is 1.41. The van der Waals surface area contributed by atoms with E-state index < -0.39 is 8.80 Å². The highest BCUT2D eigenvalue weighted by Crippen LogP contribution is 2.11. The van der Waals surface area contributed by atoms with Crippen molar-refractivity contribution < 1.29 is 13.3 Å². The fourth-order valence-electron chi connectivity index (χ4n) is 1.08. The molecular formula is C9H20O3Si. The van der Waals surface area contributed by atoms with E-state index in [0.717, 1.165) is 0 Å². The smallest absolute Gasteiger partial charge is 0.371 e. The Balaban J connectivity index is 4.37. The molecule has 0 bridgehead atoms. The van der Waals surface area contributed by atoms with Gasteiger partial charge in [0.1, 0.15) is 0 Å². The second-order valence-electron chi connectivity index (χ2n) is 2.40. The van der Waals surface area contributed by atoms with Crippen molar-refractivity contribution in [2.45, 2.75) is 27.7 Å². The van der Waals surface area contributed by atoms with Crippen molar-refractivity contribution in [3.8, 4) is 0 Å². The molecule has 78 valence electrons. The summed E-state index contributed by atoms with van der Waals surface area (Å²) in [4.78, 5) is 0. The highest BCUT2D eigenvalue weighted by molar-refractivity contribution is 6.66. The zero-order chi connectivity index (χ0) is 10.2. The van der Waals surface area contributed by atoms with Gasteiger partial charge in [0.05, 0.1) is 0 Å². The molecule has 3 nitrogen and oxygen atoms in total. The fourth-order valence-corrected chi connectivity index (χ4v) is 3.23. The van der Waals surface area contributed by atoms with Crippen molar-refractivity contribution in [2.75, 3.05) is 19.8 Å². The molecule has 0 aromatic carbocycles. The molecule has 13 heavy (non-hydrogen) atoms. The van der Waals surface area contributed by atoms with Gasteiger partial charge in [-0.1, -0.05) is 6.08 Å². The first-order valence-corrected chi connectivity index (χ1v) is 6.60. The lowest BCUT2D eigenvalue weighted by Crippen LogP contribution is -2.44. The van der Waals surface area contributed by atoms with Gasteiger partial charge in [-0.25, -0.2) is 0 Å². The van der Waals surface area contributed by atoms with Crippen LogP contribution in [-0.4, -0.2) is 28.6 Å². The summed E-state index contributed by atoms with van der Waals surface area (Å²) in [6.45, 7) is 9.65. The van der Waals surface area contributed by atoms with Crippen LogP contribution in [0.4, 0.5) is 0 Å². The molecule has 0 amide bonds. The minimum atomic E-state index is -2.48. The van der Waals surface area contributed by atoms with Gasteiger partial charge in [0, 0.05) is 19.8 Å². The Morgan fingerprint density at radius 1 is 0.923 bits per heavy atom. The van der Waals surface area contributed by atoms with Crippen LogP contribution in [0.15, 0.2) is 11.8 Å². The zero-order valence-corrected chi connectivity index (χ0v) is 10.0. The highest BCUT2D eigenvalue weighted by Gasteiger charge is 2.36. The summed E-state index contributed by atoms with van der Waals surface area (Å²) in [6.07, 6.45) is 1.92. The van der Waals surface area contributed by atoms with Gasteiger partial charge in [-0.15, -0.1) is 0 Å². The first-order chi connectivity index (χ1) is 6.24. The van der Waals surface area contributed by atoms with Gasteiger partial charge < -0.3 is 13.3 Å². The topological polar surface area (TPSA) is 27.7 Å². The summed E-state index contributed by atoms with van der Waals surface area (Å²) in [5.41, 5.74) is 1.92. The van der Waals surface area contributed by atoms with Gasteiger partial charge in [-0.05, 0) is 33.4 Å². The maximum Gasteiger partial charge on any atom is 0.529 e. The zero-order valence-electron chi connectivity index (χ0n) is 9.00. The Kier molecular flexibility index (Phi) is 7.17. The molecule has 0 fully saturated rings. The van der Waals surface area contributed by atoms with Crippen LogP contribution >= 0.6 is 0 Å². The minimum absolute atomic E-state index is 0.622. The van der Waals surface area contributed by atoms with E-state index >= 15 is 0 Å². The second-order valence-corrected chi connectivity index (χ2v) is 4.81. The summed E-state index contributed by atoms with van der Waals surface area (Å²) < 4.78 is 16.7. The molecule has 0 saturated heterocycles. The number of rotatable bonds is 7. The Bertz CT molecular complexity index is 131. The largest absolute Gasteiger partial charge is 0.529 e. The van der Waals surface area contributed by atoms with Gasteiger partial charge in [0.2, 0.25) is 0 Å². The Hall–Kier alpha value is -0.163. The lowest BCUT2D eigenvalue weighted by atomic mass is 10.8. The van der Waals surface area contributed by atoms with E-state index in [1.54, 1.807) is 0 Å². The first-order valence-electron chi connectivity index (χ1n) is 4.80. The number of hydrogen-bond acceptors (Lipinski definition) is 3. The normalized spacial score (nSPS) is 12.6. The van der Waals surface area contributed by atoms with Crippen molar-refractivity contribution in [2.24, 2.45) is 0 Å². The van der Waals surface area contributed by atoms with Crippen LogP contribution in [0.5, 0.6) is 0 Å². The molecule has 0 aromatic heterocycles. The molecular weight excluding hydrogens is 184 g/mol. The van der Waals surface area contributed by atoms with E-state index in [1.807, 2.05) is 39.5 Å². The fraction of sp³-hybridized carbons (Fsp3) is 0.778. The third-order valence-corrected chi connectivity index (χ3v) is 4.22. The first kappa shape index (κ1) is 12.8. The van der Waals surface area contributed by atoms with Crippen LogP contribution in [0.3, 0.4) is 0 Å². The Morgan fingerprint density at radius 3 is 1.54 bits per heavy atom. The van der Waals surface area contributed by atoms with Crippen LogP contribution in [-0.2, 0) is 13.3 Å². The predicted octanol–water partition coefficient (Wildman–Crippen LogP) is 2.15. The molecule has 0 aliphatic heterocycles. The summed E-state index contributed by atoms with van der Waals surface area (Å²) in [6, 6.07) is 0. The van der Waals surface area contributed by atoms with Gasteiger partial charge in [-0.3, -0.25) is 0 Å². The Labute approximate surface area is 82.1 Å². The molecule has 0 unspecified atom stereocenters. The Morgan fingerprint density at radius 2 is 1.31 bits per heavy atom. The van der Waals surface area contributed by atoms with E-state index in [4.69, 9.17) is 13.3 Å². The highest BCUT2D eigenvalue weighted by atomic mass is 28.4. The molecule has 4 heteroatoms. The lowest BCUT2D eigenvalue weighted by Gasteiger charge is -2.24. The molecule has 0 saturated carbocycles. The van der Waals surface area contributed by atoms with E-state index in [0.29, 0.717) is 19.8 Å². The quantitative estimate of drug-likeness (QED) is 0.595. The van der Waals surface area contributed by atoms with Crippen LogP contribution in [0.2, 0.25) is 0 Å². The molecule has 0 aliphatic carbocycles. The molecule has 0 rings (SSSR count).